The molecule has 1 aliphatic rings. The summed E-state index contributed by atoms with van der Waals surface area (Å²) in [6.45, 7) is 6.99. The molecule has 27 heavy (non-hydrogen) atoms. The Morgan fingerprint density at radius 3 is 2.52 bits per heavy atom. The molecule has 0 aliphatic carbocycles. The number of hydrogen-bond donors (Lipinski definition) is 2. The van der Waals surface area contributed by atoms with Crippen molar-refractivity contribution in [2.45, 2.75) is 26.8 Å². The number of aromatic amines is 1. The summed E-state index contributed by atoms with van der Waals surface area (Å²) in [5.74, 6) is -0.695. The van der Waals surface area contributed by atoms with Crippen LogP contribution >= 0.6 is 0 Å². The fourth-order valence-electron chi connectivity index (χ4n) is 3.23. The summed E-state index contributed by atoms with van der Waals surface area (Å²) in [5.41, 5.74) is 1.74. The molecule has 1 fully saturated rings. The summed E-state index contributed by atoms with van der Waals surface area (Å²) in [6, 6.07) is 7.36. The molecule has 0 saturated carbocycles. The Balaban J connectivity index is 1.69. The Bertz CT molecular complexity index is 827. The number of rotatable bonds is 6. The zero-order valence-electron chi connectivity index (χ0n) is 15.9. The quantitative estimate of drug-likeness (QED) is 0.742. The monoisotopic (exact) mass is 371 g/mol. The number of aromatic nitrogens is 2. The summed E-state index contributed by atoms with van der Waals surface area (Å²) >= 11 is 0. The summed E-state index contributed by atoms with van der Waals surface area (Å²) in [5, 5.41) is 2.95. The van der Waals surface area contributed by atoms with Crippen LogP contribution in [0.3, 0.4) is 0 Å². The van der Waals surface area contributed by atoms with E-state index in [-0.39, 0.29) is 24.4 Å². The van der Waals surface area contributed by atoms with Crippen molar-refractivity contribution in [3.8, 4) is 0 Å². The van der Waals surface area contributed by atoms with E-state index in [4.69, 9.17) is 0 Å². The molecular weight excluding hydrogens is 346 g/mol. The normalized spacial score (nSPS) is 16.3. The van der Waals surface area contributed by atoms with Gasteiger partial charge in [-0.05, 0) is 25.0 Å². The van der Waals surface area contributed by atoms with Crippen LogP contribution in [0.25, 0.3) is 11.0 Å². The van der Waals surface area contributed by atoms with E-state index in [2.05, 4.69) is 15.3 Å². The van der Waals surface area contributed by atoms with Crippen LogP contribution in [0.2, 0.25) is 0 Å². The maximum absolute atomic E-state index is 12.5. The first-order valence-electron chi connectivity index (χ1n) is 9.23. The van der Waals surface area contributed by atoms with Crippen LogP contribution in [-0.2, 0) is 14.4 Å². The predicted octanol–water partition coefficient (Wildman–Crippen LogP) is 1.07. The number of nitrogens with zero attached hydrogens (tertiary/aromatic N) is 3. The zero-order valence-corrected chi connectivity index (χ0v) is 15.9. The predicted molar refractivity (Wildman–Crippen MR) is 101 cm³/mol. The van der Waals surface area contributed by atoms with Gasteiger partial charge in [0.05, 0.1) is 17.1 Å². The van der Waals surface area contributed by atoms with Gasteiger partial charge in [0.25, 0.3) is 0 Å². The lowest BCUT2D eigenvalue weighted by Gasteiger charge is -2.33. The molecule has 0 spiro atoms. The minimum Gasteiger partial charge on any atom is -0.344 e. The molecule has 8 heteroatoms. The highest BCUT2D eigenvalue weighted by Crippen LogP contribution is 2.22. The van der Waals surface area contributed by atoms with Crippen molar-refractivity contribution >= 4 is 28.8 Å². The number of H-pyrrole nitrogens is 1. The molecule has 1 unspecified atom stereocenters. The van der Waals surface area contributed by atoms with Gasteiger partial charge in [0.1, 0.15) is 12.4 Å². The van der Waals surface area contributed by atoms with E-state index >= 15 is 0 Å². The smallest absolute Gasteiger partial charge is 0.312 e. The van der Waals surface area contributed by atoms with Crippen molar-refractivity contribution in [1.29, 1.82) is 0 Å². The molecule has 1 aromatic carbocycles. The Morgan fingerprint density at radius 2 is 1.85 bits per heavy atom. The maximum Gasteiger partial charge on any atom is 0.312 e. The van der Waals surface area contributed by atoms with Gasteiger partial charge in [0.2, 0.25) is 5.91 Å². The highest BCUT2D eigenvalue weighted by atomic mass is 16.2. The van der Waals surface area contributed by atoms with Crippen molar-refractivity contribution in [2.24, 2.45) is 5.92 Å². The van der Waals surface area contributed by atoms with Gasteiger partial charge in [-0.3, -0.25) is 14.4 Å². The lowest BCUT2D eigenvalue weighted by atomic mass is 10.0. The number of benzene rings is 1. The van der Waals surface area contributed by atoms with E-state index in [9.17, 15) is 14.4 Å². The Morgan fingerprint density at radius 1 is 1.19 bits per heavy atom. The number of amides is 3. The first-order valence-corrected chi connectivity index (χ1v) is 9.23. The number of likely N-dealkylation sites (N-methyl/N-ethyl adjacent to an activating group) is 1. The molecule has 1 saturated heterocycles. The number of nitrogens with one attached hydrogen (secondary N) is 2. The van der Waals surface area contributed by atoms with E-state index in [1.165, 1.54) is 9.80 Å². The van der Waals surface area contributed by atoms with Crippen LogP contribution in [-0.4, -0.2) is 63.7 Å². The van der Waals surface area contributed by atoms with Gasteiger partial charge >= 0.3 is 11.8 Å². The van der Waals surface area contributed by atoms with Gasteiger partial charge in [0, 0.05) is 19.6 Å². The molecule has 3 rings (SSSR count). The Hall–Kier alpha value is -2.90. The van der Waals surface area contributed by atoms with Gasteiger partial charge in [-0.15, -0.1) is 0 Å². The molecule has 1 aliphatic heterocycles. The first-order chi connectivity index (χ1) is 12.9. The fraction of sp³-hybridized carbons (Fsp3) is 0.474. The van der Waals surface area contributed by atoms with E-state index < -0.39 is 11.8 Å². The molecular formula is C19H25N5O3. The molecule has 1 aromatic heterocycles. The minimum atomic E-state index is -0.622. The standard InChI is InChI=1S/C19H25N5O3/c1-4-23-9-10-24(19(27)18(23)26)11-15(25)22-16(12(2)3)17-20-13-7-5-6-8-14(13)21-17/h5-8,12,16H,4,9-11H2,1-3H3,(H,20,21)(H,22,25). The molecule has 0 radical (unpaired) electrons. The average Bonchev–Trinajstić information content (AvgIpc) is 3.07. The number of hydrogen-bond acceptors (Lipinski definition) is 4. The van der Waals surface area contributed by atoms with Crippen molar-refractivity contribution in [3.63, 3.8) is 0 Å². The molecule has 8 nitrogen and oxygen atoms in total. The zero-order chi connectivity index (χ0) is 19.6. The van der Waals surface area contributed by atoms with Crippen LogP contribution in [0.15, 0.2) is 24.3 Å². The van der Waals surface area contributed by atoms with Crippen LogP contribution in [0.5, 0.6) is 0 Å². The van der Waals surface area contributed by atoms with Gasteiger partial charge < -0.3 is 20.1 Å². The number of fused-ring (bicyclic) bond motifs is 1. The van der Waals surface area contributed by atoms with Crippen molar-refractivity contribution in [3.05, 3.63) is 30.1 Å². The molecule has 2 aromatic rings. The van der Waals surface area contributed by atoms with Crippen LogP contribution in [0.4, 0.5) is 0 Å². The lowest BCUT2D eigenvalue weighted by molar-refractivity contribution is -0.156. The summed E-state index contributed by atoms with van der Waals surface area (Å²) in [6.07, 6.45) is 0. The third-order valence-corrected chi connectivity index (χ3v) is 4.80. The highest BCUT2D eigenvalue weighted by Gasteiger charge is 2.33. The minimum absolute atomic E-state index is 0.101. The van der Waals surface area contributed by atoms with Crippen molar-refractivity contribution in [1.82, 2.24) is 25.1 Å². The maximum atomic E-state index is 12.5. The number of carbonyl (C=O) groups is 3. The van der Waals surface area contributed by atoms with Gasteiger partial charge in [0.15, 0.2) is 0 Å². The second kappa shape index (κ2) is 7.77. The fourth-order valence-corrected chi connectivity index (χ4v) is 3.23. The lowest BCUT2D eigenvalue weighted by Crippen LogP contribution is -2.56. The van der Waals surface area contributed by atoms with Crippen LogP contribution in [0.1, 0.15) is 32.6 Å². The van der Waals surface area contributed by atoms with Crippen LogP contribution < -0.4 is 5.32 Å². The molecule has 2 heterocycles. The molecule has 3 amide bonds. The molecule has 2 N–H and O–H groups in total. The summed E-state index contributed by atoms with van der Waals surface area (Å²) < 4.78 is 0. The number of carbonyl (C=O) groups excluding carboxylic acids is 3. The topological polar surface area (TPSA) is 98.4 Å². The van der Waals surface area contributed by atoms with Gasteiger partial charge in [-0.25, -0.2) is 4.98 Å². The number of para-hydroxylation sites is 2. The van der Waals surface area contributed by atoms with Crippen molar-refractivity contribution < 1.29 is 14.4 Å². The van der Waals surface area contributed by atoms with E-state index in [1.54, 1.807) is 0 Å². The third-order valence-electron chi connectivity index (χ3n) is 4.80. The average molecular weight is 371 g/mol. The second-order valence-corrected chi connectivity index (χ2v) is 7.04. The Labute approximate surface area is 157 Å². The molecule has 0 bridgehead atoms. The van der Waals surface area contributed by atoms with E-state index in [1.807, 2.05) is 45.0 Å². The van der Waals surface area contributed by atoms with Gasteiger partial charge in [-0.1, -0.05) is 26.0 Å². The van der Waals surface area contributed by atoms with Crippen molar-refractivity contribution in [2.75, 3.05) is 26.2 Å². The first kappa shape index (κ1) is 18.9. The van der Waals surface area contributed by atoms with E-state index in [0.717, 1.165) is 11.0 Å². The Kier molecular flexibility index (Phi) is 5.43. The second-order valence-electron chi connectivity index (χ2n) is 7.04. The largest absolute Gasteiger partial charge is 0.344 e. The third kappa shape index (κ3) is 3.94. The molecule has 1 atom stereocenters. The number of imidazole rings is 1. The van der Waals surface area contributed by atoms with Gasteiger partial charge in [-0.2, -0.15) is 0 Å². The summed E-state index contributed by atoms with van der Waals surface area (Å²) in [4.78, 5) is 47.3. The summed E-state index contributed by atoms with van der Waals surface area (Å²) in [7, 11) is 0. The highest BCUT2D eigenvalue weighted by molar-refractivity contribution is 6.35. The van der Waals surface area contributed by atoms with Crippen LogP contribution in [0, 0.1) is 5.92 Å². The van der Waals surface area contributed by atoms with E-state index in [0.29, 0.717) is 25.5 Å². The molecule has 144 valence electrons. The number of piperazine rings is 1. The SMILES string of the molecule is CCN1CCN(CC(=O)NC(c2nc3ccccc3[nH]2)C(C)C)C(=O)C1=O.